The Morgan fingerprint density at radius 2 is 1.28 bits per heavy atom. The number of imidazole rings is 2. The minimum absolute atomic E-state index is 0.0569. The third-order valence-corrected chi connectivity index (χ3v) is 11.2. The first-order valence-corrected chi connectivity index (χ1v) is 19.0. The van der Waals surface area contributed by atoms with Crippen molar-refractivity contribution in [1.82, 2.24) is 40.4 Å². The number of methoxy groups -OCH3 is 2. The second-order valence-corrected chi connectivity index (χ2v) is 14.5. The van der Waals surface area contributed by atoms with E-state index in [9.17, 15) is 19.2 Å². The molecular formula is C40H52N8O6. The van der Waals surface area contributed by atoms with Crippen LogP contribution >= 0.6 is 0 Å². The fourth-order valence-corrected chi connectivity index (χ4v) is 7.59. The number of aromatic nitrogens is 4. The van der Waals surface area contributed by atoms with Crippen LogP contribution in [0.25, 0.3) is 33.4 Å². The van der Waals surface area contributed by atoms with Crippen molar-refractivity contribution in [2.45, 2.75) is 90.4 Å². The zero-order chi connectivity index (χ0) is 38.5. The molecule has 14 heteroatoms. The van der Waals surface area contributed by atoms with E-state index in [4.69, 9.17) is 19.4 Å². The van der Waals surface area contributed by atoms with E-state index >= 15 is 0 Å². The van der Waals surface area contributed by atoms with E-state index in [1.54, 1.807) is 6.20 Å². The van der Waals surface area contributed by atoms with Gasteiger partial charge in [0, 0.05) is 13.1 Å². The van der Waals surface area contributed by atoms with Crippen LogP contribution in [-0.2, 0) is 19.1 Å². The van der Waals surface area contributed by atoms with Crippen LogP contribution in [-0.4, -0.2) is 93.1 Å². The van der Waals surface area contributed by atoms with Gasteiger partial charge in [0.25, 0.3) is 0 Å². The van der Waals surface area contributed by atoms with Crippen LogP contribution in [0.3, 0.4) is 0 Å². The number of rotatable bonds is 12. The molecule has 0 saturated carbocycles. The number of aromatic amines is 2. The molecular weight excluding hydrogens is 688 g/mol. The maximum Gasteiger partial charge on any atom is 0.407 e. The van der Waals surface area contributed by atoms with Gasteiger partial charge in [-0.25, -0.2) is 19.6 Å². The van der Waals surface area contributed by atoms with Crippen LogP contribution in [0, 0.1) is 11.8 Å². The molecule has 0 bridgehead atoms. The first-order valence-electron chi connectivity index (χ1n) is 19.0. The van der Waals surface area contributed by atoms with Gasteiger partial charge in [0.2, 0.25) is 11.8 Å². The number of ether oxygens (including phenoxy) is 2. The Kier molecular flexibility index (Phi) is 11.9. The van der Waals surface area contributed by atoms with Crippen LogP contribution in [0.2, 0.25) is 0 Å². The van der Waals surface area contributed by atoms with Gasteiger partial charge in [0.15, 0.2) is 0 Å². The number of carbonyl (C=O) groups is 4. The van der Waals surface area contributed by atoms with Crippen LogP contribution in [0.1, 0.15) is 90.0 Å². The van der Waals surface area contributed by atoms with Gasteiger partial charge in [0.1, 0.15) is 23.7 Å². The molecule has 54 heavy (non-hydrogen) atoms. The summed E-state index contributed by atoms with van der Waals surface area (Å²) in [5, 5.41) is 5.49. The number of fused-ring (bicyclic) bond motifs is 1. The van der Waals surface area contributed by atoms with Gasteiger partial charge in [-0.05, 0) is 66.3 Å². The molecule has 2 aromatic heterocycles. The van der Waals surface area contributed by atoms with Crippen molar-refractivity contribution in [3.8, 4) is 22.4 Å². The van der Waals surface area contributed by atoms with Gasteiger partial charge in [-0.2, -0.15) is 0 Å². The molecule has 4 amide bonds. The maximum absolute atomic E-state index is 13.7. The van der Waals surface area contributed by atoms with E-state index in [1.807, 2.05) is 61.8 Å². The molecule has 0 spiro atoms. The van der Waals surface area contributed by atoms with Crippen LogP contribution in [0.5, 0.6) is 0 Å². The number of carbonyl (C=O) groups excluding carboxylic acids is 4. The molecule has 288 valence electrons. The molecule has 4 N–H and O–H groups in total. The quantitative estimate of drug-likeness (QED) is 0.128. The Balaban J connectivity index is 1.16. The summed E-state index contributed by atoms with van der Waals surface area (Å²) in [4.78, 5) is 71.8. The van der Waals surface area contributed by atoms with Crippen molar-refractivity contribution in [3.63, 3.8) is 0 Å². The third-order valence-electron chi connectivity index (χ3n) is 11.2. The van der Waals surface area contributed by atoms with Crippen LogP contribution in [0.4, 0.5) is 9.59 Å². The lowest BCUT2D eigenvalue weighted by molar-refractivity contribution is -0.136. The van der Waals surface area contributed by atoms with E-state index in [2.05, 4.69) is 38.8 Å². The molecule has 4 aromatic rings. The third kappa shape index (κ3) is 7.92. The Morgan fingerprint density at radius 3 is 1.81 bits per heavy atom. The monoisotopic (exact) mass is 740 g/mol. The number of hydrogen-bond donors (Lipinski definition) is 4. The van der Waals surface area contributed by atoms with Crippen LogP contribution < -0.4 is 10.6 Å². The SMILES string of the molecule is CC[C@@H](C)[C@H](NC(=O)OC)C(=O)N1CCC[C@H]1c1ncc(-c2ccc(-c3ccc4nc([C@@H]5CCCN5C(=O)[C@@H](NC(=O)OC)[C@H](C)CC)[nH]c4c3)cc2)[nH]1. The molecule has 6 atom stereocenters. The molecule has 4 heterocycles. The summed E-state index contributed by atoms with van der Waals surface area (Å²) >= 11 is 0. The Bertz CT molecular complexity index is 1960. The van der Waals surface area contributed by atoms with Crippen LogP contribution in [0.15, 0.2) is 48.7 Å². The molecule has 14 nitrogen and oxygen atoms in total. The minimum Gasteiger partial charge on any atom is -0.453 e. The number of benzene rings is 2. The number of H-pyrrole nitrogens is 2. The minimum atomic E-state index is -0.680. The zero-order valence-corrected chi connectivity index (χ0v) is 32.0. The van der Waals surface area contributed by atoms with Crippen molar-refractivity contribution in [2.24, 2.45) is 11.8 Å². The van der Waals surface area contributed by atoms with E-state index < -0.39 is 24.3 Å². The van der Waals surface area contributed by atoms with Gasteiger partial charge in [0.05, 0.1) is 49.2 Å². The standard InChI is InChI=1S/C40H52N8O6/c1-7-23(3)33(45-39(51)53-5)37(49)47-19-9-11-31(47)35-41-22-30(44-35)26-15-13-25(14-16-26)27-17-18-28-29(21-27)43-36(42-28)32-12-10-20-48(32)38(50)34(24(4)8-2)46-40(52)54-6/h13-18,21-24,31-34H,7-12,19-20H2,1-6H3,(H,41,44)(H,42,43)(H,45,51)(H,46,52)/t23-,24-,31+,32+,33+,34+/m1/s1. The predicted octanol–water partition coefficient (Wildman–Crippen LogP) is 6.49. The topological polar surface area (TPSA) is 175 Å². The highest BCUT2D eigenvalue weighted by atomic mass is 16.5. The molecule has 6 rings (SSSR count). The van der Waals surface area contributed by atoms with Gasteiger partial charge in [-0.1, -0.05) is 70.9 Å². The Labute approximate surface area is 315 Å². The lowest BCUT2D eigenvalue weighted by atomic mass is 9.97. The summed E-state index contributed by atoms with van der Waals surface area (Å²) in [6.45, 7) is 9.09. The first-order chi connectivity index (χ1) is 26.1. The zero-order valence-electron chi connectivity index (χ0n) is 32.0. The largest absolute Gasteiger partial charge is 0.453 e. The molecule has 2 saturated heterocycles. The van der Waals surface area contributed by atoms with E-state index in [1.165, 1.54) is 14.2 Å². The van der Waals surface area contributed by atoms with Crippen molar-refractivity contribution in [1.29, 1.82) is 0 Å². The predicted molar refractivity (Wildman–Crippen MR) is 204 cm³/mol. The molecule has 2 fully saturated rings. The van der Waals surface area contributed by atoms with Gasteiger partial charge in [-0.3, -0.25) is 9.59 Å². The molecule has 2 aliphatic rings. The molecule has 0 unspecified atom stereocenters. The smallest absolute Gasteiger partial charge is 0.407 e. The second-order valence-electron chi connectivity index (χ2n) is 14.5. The number of hydrogen-bond acceptors (Lipinski definition) is 8. The van der Waals surface area contributed by atoms with Gasteiger partial charge >= 0.3 is 12.2 Å². The number of alkyl carbamates (subject to hydrolysis) is 2. The highest BCUT2D eigenvalue weighted by molar-refractivity contribution is 5.88. The number of likely N-dealkylation sites (tertiary alicyclic amines) is 2. The molecule has 0 radical (unpaired) electrons. The second kappa shape index (κ2) is 16.7. The number of amides is 4. The highest BCUT2D eigenvalue weighted by Crippen LogP contribution is 2.35. The lowest BCUT2D eigenvalue weighted by Crippen LogP contribution is -2.51. The van der Waals surface area contributed by atoms with E-state index in [-0.39, 0.29) is 35.7 Å². The number of nitrogens with zero attached hydrogens (tertiary/aromatic N) is 4. The number of nitrogens with one attached hydrogen (secondary N) is 4. The van der Waals surface area contributed by atoms with E-state index in [0.29, 0.717) is 13.1 Å². The fraction of sp³-hybridized carbons (Fsp3) is 0.500. The Hall–Kier alpha value is -5.40. The summed E-state index contributed by atoms with van der Waals surface area (Å²) in [6, 6.07) is 12.5. The fourth-order valence-electron chi connectivity index (χ4n) is 7.59. The van der Waals surface area contributed by atoms with Gasteiger partial charge in [-0.15, -0.1) is 0 Å². The Morgan fingerprint density at radius 1 is 0.759 bits per heavy atom. The summed E-state index contributed by atoms with van der Waals surface area (Å²) in [7, 11) is 2.60. The first kappa shape index (κ1) is 38.3. The normalized spacial score (nSPS) is 19.3. The average Bonchev–Trinajstić information content (AvgIpc) is 4.03. The van der Waals surface area contributed by atoms with E-state index in [0.717, 1.165) is 83.6 Å². The van der Waals surface area contributed by atoms with Crippen molar-refractivity contribution < 1.29 is 28.7 Å². The van der Waals surface area contributed by atoms with Crippen molar-refractivity contribution in [2.75, 3.05) is 27.3 Å². The molecule has 2 aromatic carbocycles. The maximum atomic E-state index is 13.7. The van der Waals surface area contributed by atoms with Gasteiger partial charge < -0.3 is 39.9 Å². The summed E-state index contributed by atoms with van der Waals surface area (Å²) < 4.78 is 9.60. The average molecular weight is 741 g/mol. The van der Waals surface area contributed by atoms with Crippen molar-refractivity contribution >= 4 is 35.0 Å². The summed E-state index contributed by atoms with van der Waals surface area (Å²) in [5.41, 5.74) is 5.56. The lowest BCUT2D eigenvalue weighted by Gasteiger charge is -2.30. The highest BCUT2D eigenvalue weighted by Gasteiger charge is 2.39. The molecule has 2 aliphatic heterocycles. The van der Waals surface area contributed by atoms with Crippen molar-refractivity contribution in [3.05, 3.63) is 60.3 Å². The summed E-state index contributed by atoms with van der Waals surface area (Å²) in [6.07, 6.45) is 5.28. The summed E-state index contributed by atoms with van der Waals surface area (Å²) in [5.74, 6) is 1.09. The molecule has 0 aliphatic carbocycles.